The molecule has 23 heavy (non-hydrogen) atoms. The van der Waals surface area contributed by atoms with Crippen LogP contribution in [0, 0.1) is 6.92 Å². The Hall–Kier alpha value is -2.04. The second-order valence-electron chi connectivity index (χ2n) is 5.18. The lowest BCUT2D eigenvalue weighted by Crippen LogP contribution is -2.19. The van der Waals surface area contributed by atoms with Crippen LogP contribution in [-0.4, -0.2) is 19.5 Å². The summed E-state index contributed by atoms with van der Waals surface area (Å²) in [6, 6.07) is 15.8. The minimum absolute atomic E-state index is 0. The van der Waals surface area contributed by atoms with Crippen LogP contribution in [0.15, 0.2) is 48.5 Å². The van der Waals surface area contributed by atoms with Gasteiger partial charge in [-0.2, -0.15) is 0 Å². The highest BCUT2D eigenvalue weighted by atomic mass is 35.5. The summed E-state index contributed by atoms with van der Waals surface area (Å²) in [7, 11) is 1.83. The summed E-state index contributed by atoms with van der Waals surface area (Å²) in [6.45, 7) is 3.13. The normalized spacial score (nSPS) is 9.83. The van der Waals surface area contributed by atoms with E-state index in [1.807, 2.05) is 62.5 Å². The molecule has 5 heteroatoms. The maximum atomic E-state index is 11.9. The molecule has 0 saturated carbocycles. The molecule has 4 nitrogen and oxygen atoms in total. The van der Waals surface area contributed by atoms with Gasteiger partial charge >= 0.3 is 0 Å². The summed E-state index contributed by atoms with van der Waals surface area (Å²) in [6.07, 6.45) is 0.433. The van der Waals surface area contributed by atoms with Gasteiger partial charge in [-0.3, -0.25) is 4.79 Å². The van der Waals surface area contributed by atoms with E-state index >= 15 is 0 Å². The number of hydrogen-bond acceptors (Lipinski definition) is 3. The van der Waals surface area contributed by atoms with Gasteiger partial charge in [-0.15, -0.1) is 12.4 Å². The number of anilines is 1. The number of amides is 1. The molecule has 0 aliphatic heterocycles. The van der Waals surface area contributed by atoms with Gasteiger partial charge in [0.15, 0.2) is 0 Å². The van der Waals surface area contributed by atoms with Gasteiger partial charge in [0, 0.05) is 13.0 Å². The molecule has 124 valence electrons. The highest BCUT2D eigenvalue weighted by Gasteiger charge is 2.08. The number of carbonyl (C=O) groups excluding carboxylic acids is 1. The molecule has 2 aromatic carbocycles. The standard InChI is InChI=1S/C18H22N2O2.ClH/c1-14-8-9-16(20-18(21)10-11-19-2)17(12-14)22-13-15-6-4-3-5-7-15;/h3-9,12,19H,10-11,13H2,1-2H3,(H,20,21);1H. The zero-order valence-electron chi connectivity index (χ0n) is 13.5. The van der Waals surface area contributed by atoms with Crippen molar-refractivity contribution >= 4 is 24.0 Å². The van der Waals surface area contributed by atoms with Crippen LogP contribution >= 0.6 is 12.4 Å². The number of halogens is 1. The molecule has 0 spiro atoms. The van der Waals surface area contributed by atoms with E-state index in [2.05, 4.69) is 10.6 Å². The largest absolute Gasteiger partial charge is 0.487 e. The minimum Gasteiger partial charge on any atom is -0.487 e. The SMILES string of the molecule is CNCCC(=O)Nc1ccc(C)cc1OCc1ccccc1.Cl. The summed E-state index contributed by atoms with van der Waals surface area (Å²) in [4.78, 5) is 11.9. The van der Waals surface area contributed by atoms with Crippen LogP contribution in [-0.2, 0) is 11.4 Å². The van der Waals surface area contributed by atoms with Crippen molar-refractivity contribution in [3.8, 4) is 5.75 Å². The number of ether oxygens (including phenoxy) is 1. The summed E-state index contributed by atoms with van der Waals surface area (Å²) in [5.41, 5.74) is 2.90. The zero-order valence-corrected chi connectivity index (χ0v) is 14.3. The Morgan fingerprint density at radius 1 is 1.13 bits per heavy atom. The highest BCUT2D eigenvalue weighted by Crippen LogP contribution is 2.26. The molecule has 0 aromatic heterocycles. The van der Waals surface area contributed by atoms with Crippen molar-refractivity contribution < 1.29 is 9.53 Å². The lowest BCUT2D eigenvalue weighted by atomic mass is 10.2. The van der Waals surface area contributed by atoms with Gasteiger partial charge in [0.2, 0.25) is 5.91 Å². The fourth-order valence-electron chi connectivity index (χ4n) is 2.04. The summed E-state index contributed by atoms with van der Waals surface area (Å²) in [5, 5.41) is 5.87. The zero-order chi connectivity index (χ0) is 15.8. The Kier molecular flexibility index (Phi) is 8.16. The Bertz CT molecular complexity index is 618. The quantitative estimate of drug-likeness (QED) is 0.814. The Morgan fingerprint density at radius 3 is 2.57 bits per heavy atom. The number of nitrogens with one attached hydrogen (secondary N) is 2. The fraction of sp³-hybridized carbons (Fsp3) is 0.278. The molecule has 2 aromatic rings. The van der Waals surface area contributed by atoms with E-state index in [1.165, 1.54) is 0 Å². The van der Waals surface area contributed by atoms with Crippen LogP contribution in [0.2, 0.25) is 0 Å². The Morgan fingerprint density at radius 2 is 1.87 bits per heavy atom. The van der Waals surface area contributed by atoms with Crippen LogP contribution < -0.4 is 15.4 Å². The van der Waals surface area contributed by atoms with Crippen molar-refractivity contribution in [2.45, 2.75) is 20.0 Å². The van der Waals surface area contributed by atoms with E-state index in [0.717, 1.165) is 11.1 Å². The minimum atomic E-state index is -0.0252. The third-order valence-electron chi connectivity index (χ3n) is 3.25. The molecule has 0 heterocycles. The molecule has 0 bridgehead atoms. The molecular formula is C18H23ClN2O2. The number of benzene rings is 2. The second kappa shape index (κ2) is 9.87. The molecule has 0 fully saturated rings. The summed E-state index contributed by atoms with van der Waals surface area (Å²) in [5.74, 6) is 0.671. The van der Waals surface area contributed by atoms with Gasteiger partial charge in [0.05, 0.1) is 5.69 Å². The van der Waals surface area contributed by atoms with Gasteiger partial charge in [-0.25, -0.2) is 0 Å². The van der Waals surface area contributed by atoms with Crippen molar-refractivity contribution in [3.63, 3.8) is 0 Å². The first-order valence-electron chi connectivity index (χ1n) is 7.41. The molecule has 0 aliphatic carbocycles. The average Bonchev–Trinajstić information content (AvgIpc) is 2.54. The number of aryl methyl sites for hydroxylation is 1. The number of hydrogen-bond donors (Lipinski definition) is 2. The maximum Gasteiger partial charge on any atom is 0.225 e. The smallest absolute Gasteiger partial charge is 0.225 e. The van der Waals surface area contributed by atoms with E-state index < -0.39 is 0 Å². The second-order valence-corrected chi connectivity index (χ2v) is 5.18. The summed E-state index contributed by atoms with van der Waals surface area (Å²) < 4.78 is 5.88. The molecule has 0 atom stereocenters. The lowest BCUT2D eigenvalue weighted by Gasteiger charge is -2.13. The van der Waals surface area contributed by atoms with Gasteiger partial charge in [0.25, 0.3) is 0 Å². The topological polar surface area (TPSA) is 50.4 Å². The first-order chi connectivity index (χ1) is 10.7. The van der Waals surface area contributed by atoms with Crippen molar-refractivity contribution in [3.05, 3.63) is 59.7 Å². The predicted molar refractivity (Wildman–Crippen MR) is 96.4 cm³/mol. The van der Waals surface area contributed by atoms with Crippen LogP contribution in [0.25, 0.3) is 0 Å². The van der Waals surface area contributed by atoms with Crippen molar-refractivity contribution in [2.24, 2.45) is 0 Å². The van der Waals surface area contributed by atoms with E-state index in [1.54, 1.807) is 0 Å². The number of rotatable bonds is 7. The highest BCUT2D eigenvalue weighted by molar-refractivity contribution is 5.92. The van der Waals surface area contributed by atoms with Crippen LogP contribution in [0.4, 0.5) is 5.69 Å². The molecule has 0 aliphatic rings. The van der Waals surface area contributed by atoms with E-state index in [9.17, 15) is 4.79 Å². The van der Waals surface area contributed by atoms with Crippen molar-refractivity contribution in [1.82, 2.24) is 5.32 Å². The molecule has 2 rings (SSSR count). The Labute approximate surface area is 143 Å². The third-order valence-corrected chi connectivity index (χ3v) is 3.25. The third kappa shape index (κ3) is 6.30. The van der Waals surface area contributed by atoms with Crippen molar-refractivity contribution in [2.75, 3.05) is 18.9 Å². The number of carbonyl (C=O) groups is 1. The Balaban J connectivity index is 0.00000264. The fourth-order valence-corrected chi connectivity index (χ4v) is 2.04. The molecule has 0 unspecified atom stereocenters. The molecular weight excluding hydrogens is 312 g/mol. The predicted octanol–water partition coefficient (Wildman–Crippen LogP) is 3.54. The summed E-state index contributed by atoms with van der Waals surface area (Å²) >= 11 is 0. The van der Waals surface area contributed by atoms with Gasteiger partial charge in [0.1, 0.15) is 12.4 Å². The molecule has 0 radical (unpaired) electrons. The van der Waals surface area contributed by atoms with Crippen molar-refractivity contribution in [1.29, 1.82) is 0 Å². The van der Waals surface area contributed by atoms with Crippen LogP contribution in [0.3, 0.4) is 0 Å². The molecule has 0 saturated heterocycles. The van der Waals surface area contributed by atoms with E-state index in [-0.39, 0.29) is 18.3 Å². The van der Waals surface area contributed by atoms with E-state index in [0.29, 0.717) is 31.0 Å². The van der Waals surface area contributed by atoms with Crippen LogP contribution in [0.5, 0.6) is 5.75 Å². The average molecular weight is 335 g/mol. The van der Waals surface area contributed by atoms with Crippen LogP contribution in [0.1, 0.15) is 17.5 Å². The van der Waals surface area contributed by atoms with Gasteiger partial charge < -0.3 is 15.4 Å². The lowest BCUT2D eigenvalue weighted by molar-refractivity contribution is -0.116. The first kappa shape index (κ1) is 19.0. The monoisotopic (exact) mass is 334 g/mol. The first-order valence-corrected chi connectivity index (χ1v) is 7.41. The molecule has 1 amide bonds. The van der Waals surface area contributed by atoms with Gasteiger partial charge in [-0.05, 0) is 37.2 Å². The van der Waals surface area contributed by atoms with Gasteiger partial charge in [-0.1, -0.05) is 36.4 Å². The molecule has 2 N–H and O–H groups in total. The van der Waals surface area contributed by atoms with E-state index in [4.69, 9.17) is 4.74 Å². The maximum absolute atomic E-state index is 11.9.